The smallest absolute Gasteiger partial charge is 0.191 e. The molecular weight excluding hydrogens is 282 g/mol. The van der Waals surface area contributed by atoms with Gasteiger partial charge in [0.2, 0.25) is 0 Å². The molecular formula is C15H23N5S. The van der Waals surface area contributed by atoms with Crippen molar-refractivity contribution in [1.82, 2.24) is 20.4 Å². The van der Waals surface area contributed by atoms with Crippen LogP contribution in [0.1, 0.15) is 16.7 Å². The fraction of sp³-hybridized carbons (Fsp3) is 0.467. The predicted molar refractivity (Wildman–Crippen MR) is 88.9 cm³/mol. The zero-order chi connectivity index (χ0) is 15.1. The molecule has 2 N–H and O–H groups in total. The lowest BCUT2D eigenvalue weighted by atomic mass is 10.2. The highest BCUT2D eigenvalue weighted by Crippen LogP contribution is 2.16. The van der Waals surface area contributed by atoms with E-state index < -0.39 is 0 Å². The first-order chi connectivity index (χ1) is 10.2. The molecule has 0 amide bonds. The maximum Gasteiger partial charge on any atom is 0.191 e. The van der Waals surface area contributed by atoms with Crippen LogP contribution in [0.2, 0.25) is 0 Å². The monoisotopic (exact) mass is 305 g/mol. The van der Waals surface area contributed by atoms with Crippen LogP contribution in [0.5, 0.6) is 0 Å². The molecule has 21 heavy (non-hydrogen) atoms. The largest absolute Gasteiger partial charge is 0.355 e. The van der Waals surface area contributed by atoms with Crippen molar-refractivity contribution in [2.75, 3.05) is 13.6 Å². The number of aromatic nitrogens is 2. The Hall–Kier alpha value is -1.82. The van der Waals surface area contributed by atoms with Crippen LogP contribution in [0.15, 0.2) is 35.6 Å². The lowest BCUT2D eigenvalue weighted by Gasteiger charge is -2.17. The summed E-state index contributed by atoms with van der Waals surface area (Å²) in [6.45, 7) is 5.94. The molecule has 6 heteroatoms. The maximum absolute atomic E-state index is 4.26. The number of nitrogens with zero attached hydrogens (tertiary/aromatic N) is 3. The second-order valence-electron chi connectivity index (χ2n) is 5.03. The molecule has 0 bridgehead atoms. The van der Waals surface area contributed by atoms with Gasteiger partial charge in [-0.1, -0.05) is 0 Å². The molecule has 0 aliphatic carbocycles. The molecule has 0 aliphatic rings. The van der Waals surface area contributed by atoms with E-state index in [1.807, 2.05) is 28.3 Å². The van der Waals surface area contributed by atoms with Crippen LogP contribution in [0.3, 0.4) is 0 Å². The molecule has 0 fully saturated rings. The fourth-order valence-corrected chi connectivity index (χ4v) is 3.12. The Bertz CT molecular complexity index is 558. The van der Waals surface area contributed by atoms with E-state index in [-0.39, 0.29) is 0 Å². The molecule has 0 saturated heterocycles. The van der Waals surface area contributed by atoms with Crippen LogP contribution in [0.4, 0.5) is 0 Å². The normalized spacial score (nSPS) is 13.2. The number of rotatable bonds is 6. The molecule has 2 aromatic rings. The molecule has 2 heterocycles. The molecule has 1 atom stereocenters. The van der Waals surface area contributed by atoms with Crippen LogP contribution in [0, 0.1) is 6.92 Å². The summed E-state index contributed by atoms with van der Waals surface area (Å²) >= 11 is 1.85. The van der Waals surface area contributed by atoms with E-state index in [9.17, 15) is 0 Å². The van der Waals surface area contributed by atoms with E-state index in [1.165, 1.54) is 9.75 Å². The third kappa shape index (κ3) is 5.23. The lowest BCUT2D eigenvalue weighted by Crippen LogP contribution is -2.43. The first-order valence-electron chi connectivity index (χ1n) is 7.17. The highest BCUT2D eigenvalue weighted by atomic mass is 32.1. The number of aryl methyl sites for hydroxylation is 1. The van der Waals surface area contributed by atoms with E-state index in [0.717, 1.165) is 25.5 Å². The third-order valence-corrected chi connectivity index (χ3v) is 4.13. The summed E-state index contributed by atoms with van der Waals surface area (Å²) in [5.74, 6) is 0.836. The minimum atomic E-state index is 0.346. The van der Waals surface area contributed by atoms with Crippen molar-refractivity contribution < 1.29 is 0 Å². The lowest BCUT2D eigenvalue weighted by molar-refractivity contribution is 0.586. The number of nitrogens with one attached hydrogen (secondary N) is 2. The van der Waals surface area contributed by atoms with Gasteiger partial charge >= 0.3 is 0 Å². The molecule has 0 spiro atoms. The van der Waals surface area contributed by atoms with E-state index >= 15 is 0 Å². The molecule has 5 nitrogen and oxygen atoms in total. The Labute approximate surface area is 130 Å². The van der Waals surface area contributed by atoms with Crippen molar-refractivity contribution in [1.29, 1.82) is 0 Å². The minimum Gasteiger partial charge on any atom is -0.355 e. The standard InChI is InChI=1S/C15H23N5S/c1-12(11-14-6-5-13(2)21-14)19-15(16-3)17-8-10-20-9-4-7-18-20/h4-7,9,12H,8,10-11H2,1-3H3,(H2,16,17,19). The van der Waals surface area contributed by atoms with Gasteiger partial charge in [0, 0.05) is 48.2 Å². The molecule has 2 aromatic heterocycles. The van der Waals surface area contributed by atoms with Crippen molar-refractivity contribution >= 4 is 17.3 Å². The molecule has 2 rings (SSSR count). The van der Waals surface area contributed by atoms with Gasteiger partial charge in [-0.2, -0.15) is 5.10 Å². The fourth-order valence-electron chi connectivity index (χ4n) is 2.10. The summed E-state index contributed by atoms with van der Waals surface area (Å²) in [5.41, 5.74) is 0. The molecule has 0 saturated carbocycles. The zero-order valence-electron chi connectivity index (χ0n) is 12.8. The van der Waals surface area contributed by atoms with Gasteiger partial charge < -0.3 is 10.6 Å². The van der Waals surface area contributed by atoms with Crippen LogP contribution >= 0.6 is 11.3 Å². The summed E-state index contributed by atoms with van der Waals surface area (Å²) in [6.07, 6.45) is 4.76. The molecule has 0 radical (unpaired) electrons. The van der Waals surface area contributed by atoms with Gasteiger partial charge in [0.25, 0.3) is 0 Å². The molecule has 1 unspecified atom stereocenters. The second kappa shape index (κ2) is 7.83. The Kier molecular flexibility index (Phi) is 5.80. The molecule has 0 aromatic carbocycles. The minimum absolute atomic E-state index is 0.346. The number of guanidine groups is 1. The average molecular weight is 305 g/mol. The van der Waals surface area contributed by atoms with Gasteiger partial charge in [-0.25, -0.2) is 0 Å². The van der Waals surface area contributed by atoms with E-state index in [0.29, 0.717) is 6.04 Å². The second-order valence-corrected chi connectivity index (χ2v) is 6.40. The summed E-state index contributed by atoms with van der Waals surface area (Å²) in [4.78, 5) is 7.02. The van der Waals surface area contributed by atoms with Gasteiger partial charge in [-0.15, -0.1) is 11.3 Å². The molecule has 114 valence electrons. The Morgan fingerprint density at radius 1 is 1.48 bits per heavy atom. The van der Waals surface area contributed by atoms with Crippen LogP contribution in [-0.2, 0) is 13.0 Å². The van der Waals surface area contributed by atoms with Gasteiger partial charge in [0.15, 0.2) is 5.96 Å². The first-order valence-corrected chi connectivity index (χ1v) is 7.99. The first kappa shape index (κ1) is 15.6. The highest BCUT2D eigenvalue weighted by Gasteiger charge is 2.07. The number of hydrogen-bond acceptors (Lipinski definition) is 3. The van der Waals surface area contributed by atoms with Crippen LogP contribution in [0.25, 0.3) is 0 Å². The summed E-state index contributed by atoms with van der Waals surface area (Å²) in [5, 5.41) is 10.9. The number of aliphatic imine (C=N–C) groups is 1. The van der Waals surface area contributed by atoms with Crippen LogP contribution < -0.4 is 10.6 Å². The SMILES string of the molecule is CN=C(NCCn1cccn1)NC(C)Cc1ccc(C)s1. The topological polar surface area (TPSA) is 54.2 Å². The summed E-state index contributed by atoms with van der Waals surface area (Å²) in [7, 11) is 1.80. The van der Waals surface area contributed by atoms with Crippen molar-refractivity contribution in [3.63, 3.8) is 0 Å². The Morgan fingerprint density at radius 2 is 2.33 bits per heavy atom. The maximum atomic E-state index is 4.26. The highest BCUT2D eigenvalue weighted by molar-refractivity contribution is 7.11. The number of hydrogen-bond donors (Lipinski definition) is 2. The van der Waals surface area contributed by atoms with E-state index in [2.05, 4.69) is 46.7 Å². The number of thiophene rings is 1. The van der Waals surface area contributed by atoms with E-state index in [1.54, 1.807) is 13.2 Å². The van der Waals surface area contributed by atoms with Gasteiger partial charge in [0.05, 0.1) is 6.54 Å². The van der Waals surface area contributed by atoms with Crippen molar-refractivity contribution in [2.45, 2.75) is 32.9 Å². The molecule has 0 aliphatic heterocycles. The Balaban J connectivity index is 1.73. The van der Waals surface area contributed by atoms with Gasteiger partial charge in [-0.3, -0.25) is 9.67 Å². The van der Waals surface area contributed by atoms with Crippen molar-refractivity contribution in [3.8, 4) is 0 Å². The van der Waals surface area contributed by atoms with Gasteiger partial charge in [0.1, 0.15) is 0 Å². The van der Waals surface area contributed by atoms with E-state index in [4.69, 9.17) is 0 Å². The summed E-state index contributed by atoms with van der Waals surface area (Å²) in [6, 6.07) is 6.65. The average Bonchev–Trinajstić information content (AvgIpc) is 3.09. The summed E-state index contributed by atoms with van der Waals surface area (Å²) < 4.78 is 1.90. The van der Waals surface area contributed by atoms with Gasteiger partial charge in [-0.05, 0) is 32.0 Å². The zero-order valence-corrected chi connectivity index (χ0v) is 13.7. The van der Waals surface area contributed by atoms with Crippen molar-refractivity contribution in [3.05, 3.63) is 40.3 Å². The quantitative estimate of drug-likeness (QED) is 0.634. The van der Waals surface area contributed by atoms with Crippen LogP contribution in [-0.4, -0.2) is 35.4 Å². The third-order valence-electron chi connectivity index (χ3n) is 3.10. The predicted octanol–water partition coefficient (Wildman–Crippen LogP) is 2.05. The Morgan fingerprint density at radius 3 is 2.95 bits per heavy atom. The van der Waals surface area contributed by atoms with Crippen molar-refractivity contribution in [2.24, 2.45) is 4.99 Å².